The van der Waals surface area contributed by atoms with Gasteiger partial charge in [0.15, 0.2) is 6.10 Å². The van der Waals surface area contributed by atoms with Gasteiger partial charge in [-0.15, -0.1) is 0 Å². The van der Waals surface area contributed by atoms with Crippen molar-refractivity contribution in [3.8, 4) is 11.5 Å². The Kier molecular flexibility index (Phi) is 7.99. The van der Waals surface area contributed by atoms with E-state index in [9.17, 15) is 14.4 Å². The van der Waals surface area contributed by atoms with Crippen molar-refractivity contribution in [3.63, 3.8) is 0 Å². The van der Waals surface area contributed by atoms with Gasteiger partial charge in [-0.2, -0.15) is 0 Å². The third-order valence-corrected chi connectivity index (χ3v) is 6.42. The van der Waals surface area contributed by atoms with Crippen molar-refractivity contribution in [1.82, 2.24) is 4.90 Å². The molecule has 0 unspecified atom stereocenters. The minimum absolute atomic E-state index is 0.0368. The summed E-state index contributed by atoms with van der Waals surface area (Å²) in [5.41, 5.74) is 0.576. The van der Waals surface area contributed by atoms with Crippen LogP contribution in [0.1, 0.15) is 52.4 Å². The molecular formula is C24H34N2O6. The van der Waals surface area contributed by atoms with Crippen LogP contribution >= 0.6 is 0 Å². The fourth-order valence-corrected chi connectivity index (χ4v) is 4.65. The van der Waals surface area contributed by atoms with E-state index in [4.69, 9.17) is 14.2 Å². The number of hydrogen-bond acceptors (Lipinski definition) is 6. The van der Waals surface area contributed by atoms with E-state index < -0.39 is 18.0 Å². The Balaban J connectivity index is 1.63. The van der Waals surface area contributed by atoms with E-state index in [1.165, 1.54) is 18.4 Å². The van der Waals surface area contributed by atoms with E-state index in [1.54, 1.807) is 32.2 Å². The van der Waals surface area contributed by atoms with Crippen LogP contribution in [0.25, 0.3) is 0 Å². The Hall–Kier alpha value is -2.77. The SMILES string of the molecule is CCN(C(=O)[C@@H](C)OC(=O)[C@@H]1CC(=O)N(c2ccc(OC)cc2OC)C1)C1CCCCC1. The molecule has 0 bridgehead atoms. The highest BCUT2D eigenvalue weighted by molar-refractivity contribution is 6.01. The molecule has 1 saturated carbocycles. The predicted molar refractivity (Wildman–Crippen MR) is 120 cm³/mol. The number of esters is 1. The van der Waals surface area contributed by atoms with Crippen LogP contribution in [-0.4, -0.2) is 62.1 Å². The molecule has 0 spiro atoms. The molecule has 32 heavy (non-hydrogen) atoms. The fraction of sp³-hybridized carbons (Fsp3) is 0.625. The second kappa shape index (κ2) is 10.7. The normalized spacial score (nSPS) is 20.1. The Labute approximate surface area is 189 Å². The van der Waals surface area contributed by atoms with Crippen molar-refractivity contribution in [2.75, 3.05) is 32.2 Å². The summed E-state index contributed by atoms with van der Waals surface area (Å²) < 4.78 is 16.1. The number of nitrogens with zero attached hydrogens (tertiary/aromatic N) is 2. The number of ether oxygens (including phenoxy) is 3. The van der Waals surface area contributed by atoms with Crippen LogP contribution in [0, 0.1) is 5.92 Å². The standard InChI is InChI=1S/C24H34N2O6/c1-5-25(18-9-7-6-8-10-18)23(28)16(2)32-24(29)17-13-22(27)26(15-17)20-12-11-19(30-3)14-21(20)31-4/h11-12,14,16-18H,5-10,13,15H2,1-4H3/t16-,17-/m1/s1. The second-order valence-electron chi connectivity index (χ2n) is 8.44. The van der Waals surface area contributed by atoms with Crippen LogP contribution < -0.4 is 14.4 Å². The number of rotatable bonds is 8. The molecular weight excluding hydrogens is 412 g/mol. The van der Waals surface area contributed by atoms with Gasteiger partial charge in [-0.3, -0.25) is 14.4 Å². The number of methoxy groups -OCH3 is 2. The molecule has 0 radical (unpaired) electrons. The highest BCUT2D eigenvalue weighted by Crippen LogP contribution is 2.36. The molecule has 8 nitrogen and oxygen atoms in total. The largest absolute Gasteiger partial charge is 0.497 e. The highest BCUT2D eigenvalue weighted by Gasteiger charge is 2.39. The van der Waals surface area contributed by atoms with E-state index in [2.05, 4.69) is 0 Å². The Bertz CT molecular complexity index is 836. The zero-order valence-electron chi connectivity index (χ0n) is 19.5. The first kappa shape index (κ1) is 23.9. The first-order valence-electron chi connectivity index (χ1n) is 11.4. The maximum Gasteiger partial charge on any atom is 0.312 e. The summed E-state index contributed by atoms with van der Waals surface area (Å²) in [6.07, 6.45) is 4.61. The van der Waals surface area contributed by atoms with E-state index in [0.29, 0.717) is 23.7 Å². The minimum Gasteiger partial charge on any atom is -0.497 e. The Morgan fingerprint density at radius 3 is 2.50 bits per heavy atom. The van der Waals surface area contributed by atoms with Crippen molar-refractivity contribution in [3.05, 3.63) is 18.2 Å². The molecule has 0 N–H and O–H groups in total. The van der Waals surface area contributed by atoms with Gasteiger partial charge in [0, 0.05) is 31.6 Å². The first-order valence-corrected chi connectivity index (χ1v) is 11.4. The summed E-state index contributed by atoms with van der Waals surface area (Å²) in [7, 11) is 3.07. The van der Waals surface area contributed by atoms with E-state index in [0.717, 1.165) is 25.7 Å². The van der Waals surface area contributed by atoms with E-state index >= 15 is 0 Å². The lowest BCUT2D eigenvalue weighted by atomic mass is 9.94. The zero-order valence-corrected chi connectivity index (χ0v) is 19.5. The summed E-state index contributed by atoms with van der Waals surface area (Å²) in [5.74, 6) is -0.402. The predicted octanol–water partition coefficient (Wildman–Crippen LogP) is 3.17. The number of hydrogen-bond donors (Lipinski definition) is 0. The van der Waals surface area contributed by atoms with Crippen LogP contribution in [-0.2, 0) is 19.1 Å². The molecule has 8 heteroatoms. The summed E-state index contributed by atoms with van der Waals surface area (Å²) in [4.78, 5) is 41.8. The summed E-state index contributed by atoms with van der Waals surface area (Å²) >= 11 is 0. The Morgan fingerprint density at radius 1 is 1.16 bits per heavy atom. The molecule has 1 aromatic rings. The molecule has 1 aromatic carbocycles. The molecule has 2 aliphatic rings. The number of amides is 2. The molecule has 2 atom stereocenters. The lowest BCUT2D eigenvalue weighted by Gasteiger charge is -2.35. The molecule has 2 amide bonds. The number of anilines is 1. The van der Waals surface area contributed by atoms with Gasteiger partial charge in [-0.05, 0) is 38.8 Å². The van der Waals surface area contributed by atoms with Gasteiger partial charge in [0.1, 0.15) is 11.5 Å². The first-order chi connectivity index (χ1) is 15.4. The van der Waals surface area contributed by atoms with Gasteiger partial charge < -0.3 is 24.0 Å². The number of carbonyl (C=O) groups is 3. The average molecular weight is 447 g/mol. The van der Waals surface area contributed by atoms with Gasteiger partial charge in [-0.25, -0.2) is 0 Å². The minimum atomic E-state index is -0.871. The van der Waals surface area contributed by atoms with Crippen LogP contribution in [0.2, 0.25) is 0 Å². The quantitative estimate of drug-likeness (QED) is 0.570. The van der Waals surface area contributed by atoms with Crippen molar-refractivity contribution in [2.24, 2.45) is 5.92 Å². The summed E-state index contributed by atoms with van der Waals surface area (Å²) in [6.45, 7) is 4.35. The molecule has 1 aliphatic carbocycles. The van der Waals surface area contributed by atoms with Gasteiger partial charge in [0.05, 0.1) is 25.8 Å². The van der Waals surface area contributed by atoms with Crippen molar-refractivity contribution >= 4 is 23.5 Å². The molecule has 1 aliphatic heterocycles. The van der Waals surface area contributed by atoms with Crippen LogP contribution in [0.3, 0.4) is 0 Å². The summed E-state index contributed by atoms with van der Waals surface area (Å²) in [6, 6.07) is 5.38. The van der Waals surface area contributed by atoms with Gasteiger partial charge >= 0.3 is 5.97 Å². The number of carbonyl (C=O) groups excluding carboxylic acids is 3. The molecule has 1 heterocycles. The smallest absolute Gasteiger partial charge is 0.312 e. The molecule has 176 valence electrons. The third-order valence-electron chi connectivity index (χ3n) is 6.42. The highest BCUT2D eigenvalue weighted by atomic mass is 16.5. The van der Waals surface area contributed by atoms with Crippen molar-refractivity contribution < 1.29 is 28.6 Å². The summed E-state index contributed by atoms with van der Waals surface area (Å²) in [5, 5.41) is 0. The lowest BCUT2D eigenvalue weighted by molar-refractivity contribution is -0.163. The van der Waals surface area contributed by atoms with E-state index in [1.807, 2.05) is 11.8 Å². The molecule has 2 fully saturated rings. The molecule has 1 saturated heterocycles. The van der Waals surface area contributed by atoms with Crippen molar-refractivity contribution in [1.29, 1.82) is 0 Å². The lowest BCUT2D eigenvalue weighted by Crippen LogP contribution is -2.47. The average Bonchev–Trinajstić information content (AvgIpc) is 3.21. The maximum atomic E-state index is 13.0. The van der Waals surface area contributed by atoms with Crippen molar-refractivity contribution in [2.45, 2.75) is 64.5 Å². The van der Waals surface area contributed by atoms with Gasteiger partial charge in [-0.1, -0.05) is 19.3 Å². The number of likely N-dealkylation sites (N-methyl/N-ethyl adjacent to an activating group) is 1. The Morgan fingerprint density at radius 2 is 1.88 bits per heavy atom. The second-order valence-corrected chi connectivity index (χ2v) is 8.44. The third kappa shape index (κ3) is 5.16. The zero-order chi connectivity index (χ0) is 23.3. The van der Waals surface area contributed by atoms with Gasteiger partial charge in [0.25, 0.3) is 5.91 Å². The topological polar surface area (TPSA) is 85.4 Å². The van der Waals surface area contributed by atoms with Crippen LogP contribution in [0.15, 0.2) is 18.2 Å². The number of benzene rings is 1. The van der Waals surface area contributed by atoms with Crippen LogP contribution in [0.4, 0.5) is 5.69 Å². The van der Waals surface area contributed by atoms with Crippen LogP contribution in [0.5, 0.6) is 11.5 Å². The maximum absolute atomic E-state index is 13.0. The molecule has 0 aromatic heterocycles. The monoisotopic (exact) mass is 446 g/mol. The molecule has 3 rings (SSSR count). The fourth-order valence-electron chi connectivity index (χ4n) is 4.65. The van der Waals surface area contributed by atoms with Gasteiger partial charge in [0.2, 0.25) is 5.91 Å². The van der Waals surface area contributed by atoms with E-state index in [-0.39, 0.29) is 30.8 Å².